The maximum atomic E-state index is 9.61. The van der Waals surface area contributed by atoms with Crippen LogP contribution in [0.5, 0.6) is 0 Å². The molecule has 1 saturated heterocycles. The molecule has 1 unspecified atom stereocenters. The van der Waals surface area contributed by atoms with Gasteiger partial charge in [0.15, 0.2) is 0 Å². The molecule has 0 spiro atoms. The van der Waals surface area contributed by atoms with Crippen molar-refractivity contribution in [1.82, 2.24) is 5.32 Å². The molecule has 0 aromatic heterocycles. The first-order valence-electron chi connectivity index (χ1n) is 5.19. The molecule has 0 amide bonds. The van der Waals surface area contributed by atoms with Gasteiger partial charge in [0, 0.05) is 0 Å². The Hall–Kier alpha value is -0.120. The van der Waals surface area contributed by atoms with Gasteiger partial charge in [-0.3, -0.25) is 0 Å². The number of hydrogen-bond donors (Lipinski definition) is 2. The molecule has 1 aliphatic rings. The van der Waals surface area contributed by atoms with E-state index in [2.05, 4.69) is 5.32 Å². The summed E-state index contributed by atoms with van der Waals surface area (Å²) in [5, 5.41) is 12.9. The number of ether oxygens (including phenoxy) is 1. The minimum atomic E-state index is -0.285. The van der Waals surface area contributed by atoms with Crippen LogP contribution in [0, 0.1) is 5.92 Å². The van der Waals surface area contributed by atoms with Crippen molar-refractivity contribution in [3.05, 3.63) is 0 Å². The van der Waals surface area contributed by atoms with Crippen LogP contribution in [0.3, 0.4) is 0 Å². The van der Waals surface area contributed by atoms with Crippen LogP contribution in [-0.4, -0.2) is 37.0 Å². The van der Waals surface area contributed by atoms with E-state index in [1.54, 1.807) is 0 Å². The van der Waals surface area contributed by atoms with Gasteiger partial charge in [-0.25, -0.2) is 0 Å². The zero-order chi connectivity index (χ0) is 9.68. The third-order valence-electron chi connectivity index (χ3n) is 2.39. The lowest BCUT2D eigenvalue weighted by Gasteiger charge is -2.16. The van der Waals surface area contributed by atoms with Gasteiger partial charge < -0.3 is 15.2 Å². The fourth-order valence-electron chi connectivity index (χ4n) is 1.67. The van der Waals surface area contributed by atoms with E-state index in [-0.39, 0.29) is 12.2 Å². The van der Waals surface area contributed by atoms with E-state index in [0.717, 1.165) is 19.5 Å². The summed E-state index contributed by atoms with van der Waals surface area (Å²) in [7, 11) is 0. The van der Waals surface area contributed by atoms with E-state index >= 15 is 0 Å². The van der Waals surface area contributed by atoms with Crippen LogP contribution in [0.25, 0.3) is 0 Å². The summed E-state index contributed by atoms with van der Waals surface area (Å²) < 4.78 is 5.34. The second-order valence-electron chi connectivity index (χ2n) is 4.13. The van der Waals surface area contributed by atoms with Gasteiger partial charge in [-0.1, -0.05) is 0 Å². The fraction of sp³-hybridized carbons (Fsp3) is 1.00. The summed E-state index contributed by atoms with van der Waals surface area (Å²) in [5.41, 5.74) is 0. The summed E-state index contributed by atoms with van der Waals surface area (Å²) in [6.07, 6.45) is 2.00. The number of aliphatic hydroxyl groups is 1. The smallest absolute Gasteiger partial charge is 0.0776 e. The number of nitrogens with one attached hydrogen (secondary N) is 1. The number of rotatable bonds is 5. The van der Waals surface area contributed by atoms with Gasteiger partial charge in [0.1, 0.15) is 0 Å². The normalized spacial score (nSPS) is 25.4. The lowest BCUT2D eigenvalue weighted by molar-refractivity contribution is -0.00268. The molecule has 3 heteroatoms. The van der Waals surface area contributed by atoms with E-state index in [9.17, 15) is 5.11 Å². The second-order valence-corrected chi connectivity index (χ2v) is 4.13. The molecule has 0 saturated carbocycles. The van der Waals surface area contributed by atoms with Crippen molar-refractivity contribution in [3.63, 3.8) is 0 Å². The third-order valence-corrected chi connectivity index (χ3v) is 2.39. The molecule has 1 aliphatic heterocycles. The lowest BCUT2D eigenvalue weighted by atomic mass is 10.0. The minimum absolute atomic E-state index is 0.219. The predicted molar refractivity (Wildman–Crippen MR) is 52.7 cm³/mol. The van der Waals surface area contributed by atoms with E-state index < -0.39 is 0 Å². The van der Waals surface area contributed by atoms with Crippen molar-refractivity contribution in [1.29, 1.82) is 0 Å². The largest absolute Gasteiger partial charge is 0.391 e. The van der Waals surface area contributed by atoms with Crippen molar-refractivity contribution in [3.8, 4) is 0 Å². The van der Waals surface area contributed by atoms with Crippen molar-refractivity contribution >= 4 is 0 Å². The zero-order valence-corrected chi connectivity index (χ0v) is 8.62. The quantitative estimate of drug-likeness (QED) is 0.668. The molecule has 0 aromatic rings. The molecule has 1 fully saturated rings. The van der Waals surface area contributed by atoms with Crippen LogP contribution in [0.15, 0.2) is 0 Å². The Kier molecular flexibility index (Phi) is 4.70. The Morgan fingerprint density at radius 2 is 2.31 bits per heavy atom. The van der Waals surface area contributed by atoms with Crippen LogP contribution in [0.1, 0.15) is 26.7 Å². The SMILES string of the molecule is CC(C)OC[C@H](O)CC1CCNC1. The van der Waals surface area contributed by atoms with Crippen LogP contribution in [0.4, 0.5) is 0 Å². The summed E-state index contributed by atoms with van der Waals surface area (Å²) in [6.45, 7) is 6.61. The van der Waals surface area contributed by atoms with Crippen LogP contribution < -0.4 is 5.32 Å². The Labute approximate surface area is 80.5 Å². The second kappa shape index (κ2) is 5.58. The highest BCUT2D eigenvalue weighted by atomic mass is 16.5. The van der Waals surface area contributed by atoms with Crippen LogP contribution in [0.2, 0.25) is 0 Å². The molecule has 2 atom stereocenters. The first kappa shape index (κ1) is 11.0. The van der Waals surface area contributed by atoms with E-state index in [0.29, 0.717) is 12.5 Å². The summed E-state index contributed by atoms with van der Waals surface area (Å²) in [5.74, 6) is 0.644. The average molecular weight is 187 g/mol. The van der Waals surface area contributed by atoms with Gasteiger partial charge in [-0.2, -0.15) is 0 Å². The maximum Gasteiger partial charge on any atom is 0.0776 e. The van der Waals surface area contributed by atoms with Gasteiger partial charge in [0.2, 0.25) is 0 Å². The maximum absolute atomic E-state index is 9.61. The number of hydrogen-bond acceptors (Lipinski definition) is 3. The molecule has 0 aromatic carbocycles. The molecular weight excluding hydrogens is 166 g/mol. The average Bonchev–Trinajstić information content (AvgIpc) is 2.53. The first-order chi connectivity index (χ1) is 6.18. The van der Waals surface area contributed by atoms with Crippen LogP contribution in [-0.2, 0) is 4.74 Å². The van der Waals surface area contributed by atoms with Gasteiger partial charge >= 0.3 is 0 Å². The topological polar surface area (TPSA) is 41.5 Å². The van der Waals surface area contributed by atoms with Crippen molar-refractivity contribution in [2.24, 2.45) is 5.92 Å². The van der Waals surface area contributed by atoms with E-state index in [1.807, 2.05) is 13.8 Å². The highest BCUT2D eigenvalue weighted by Gasteiger charge is 2.18. The standard InChI is InChI=1S/C10H21NO2/c1-8(2)13-7-10(12)5-9-3-4-11-6-9/h8-12H,3-7H2,1-2H3/t9?,10-/m1/s1. The molecular formula is C10H21NO2. The molecule has 1 rings (SSSR count). The Morgan fingerprint density at radius 1 is 1.54 bits per heavy atom. The Bertz CT molecular complexity index is 133. The molecule has 0 aliphatic carbocycles. The molecule has 3 nitrogen and oxygen atoms in total. The first-order valence-corrected chi connectivity index (χ1v) is 5.19. The highest BCUT2D eigenvalue weighted by molar-refractivity contribution is 4.74. The number of aliphatic hydroxyl groups excluding tert-OH is 1. The van der Waals surface area contributed by atoms with Crippen LogP contribution >= 0.6 is 0 Å². The molecule has 1 heterocycles. The summed E-state index contributed by atoms with van der Waals surface area (Å²) in [6, 6.07) is 0. The van der Waals surface area contributed by atoms with E-state index in [4.69, 9.17) is 4.74 Å². The highest BCUT2D eigenvalue weighted by Crippen LogP contribution is 2.14. The molecule has 13 heavy (non-hydrogen) atoms. The fourth-order valence-corrected chi connectivity index (χ4v) is 1.67. The summed E-state index contributed by atoms with van der Waals surface area (Å²) >= 11 is 0. The van der Waals surface area contributed by atoms with Gasteiger partial charge in [0.25, 0.3) is 0 Å². The van der Waals surface area contributed by atoms with Gasteiger partial charge in [-0.05, 0) is 45.7 Å². The summed E-state index contributed by atoms with van der Waals surface area (Å²) in [4.78, 5) is 0. The predicted octanol–water partition coefficient (Wildman–Crippen LogP) is 0.772. The lowest BCUT2D eigenvalue weighted by Crippen LogP contribution is -2.22. The van der Waals surface area contributed by atoms with Crippen molar-refractivity contribution < 1.29 is 9.84 Å². The van der Waals surface area contributed by atoms with Crippen molar-refractivity contribution in [2.75, 3.05) is 19.7 Å². The monoisotopic (exact) mass is 187 g/mol. The molecule has 0 bridgehead atoms. The Balaban J connectivity index is 2.05. The molecule has 78 valence electrons. The zero-order valence-electron chi connectivity index (χ0n) is 8.62. The van der Waals surface area contributed by atoms with E-state index in [1.165, 1.54) is 6.42 Å². The Morgan fingerprint density at radius 3 is 2.85 bits per heavy atom. The van der Waals surface area contributed by atoms with Gasteiger partial charge in [0.05, 0.1) is 18.8 Å². The van der Waals surface area contributed by atoms with Gasteiger partial charge in [-0.15, -0.1) is 0 Å². The minimum Gasteiger partial charge on any atom is -0.391 e. The van der Waals surface area contributed by atoms with Crippen molar-refractivity contribution in [2.45, 2.75) is 38.9 Å². The third kappa shape index (κ3) is 4.60. The molecule has 0 radical (unpaired) electrons. The molecule has 2 N–H and O–H groups in total.